The van der Waals surface area contributed by atoms with Crippen molar-refractivity contribution < 1.29 is 14.6 Å². The van der Waals surface area contributed by atoms with Gasteiger partial charge < -0.3 is 9.84 Å². The Hall–Kier alpha value is -1.87. The number of methoxy groups -OCH3 is 1. The standard InChI is InChI=1S/C21H32O3/c1-3-4-5-6-7-8-9-10-11-12-13-14-15-16-17-18-19-20(24-2)21(22)23/h4-5,7-8,10-11,13-14,17-18,20H,3,6,9,12,15-16,19H2,1-2H3,(H,22,23). The molecular formula is C21H32O3. The molecule has 0 aliphatic heterocycles. The van der Waals surface area contributed by atoms with Gasteiger partial charge in [-0.1, -0.05) is 67.7 Å². The molecule has 0 fully saturated rings. The topological polar surface area (TPSA) is 46.5 Å². The maximum absolute atomic E-state index is 10.7. The third-order valence-electron chi connectivity index (χ3n) is 3.30. The lowest BCUT2D eigenvalue weighted by molar-refractivity contribution is -0.148. The molecule has 0 radical (unpaired) electrons. The van der Waals surface area contributed by atoms with Crippen LogP contribution in [0.4, 0.5) is 0 Å². The molecule has 0 saturated carbocycles. The molecule has 0 heterocycles. The third kappa shape index (κ3) is 15.0. The first-order chi connectivity index (χ1) is 11.7. The SMILES string of the molecule is CCC=CCC=CCC=CCC=CCCC=CCC(OC)C(=O)O. The molecule has 0 rings (SSSR count). The molecule has 0 amide bonds. The predicted octanol–water partition coefficient (Wildman–Crippen LogP) is 5.62. The Morgan fingerprint density at radius 3 is 1.75 bits per heavy atom. The second-order valence-corrected chi connectivity index (χ2v) is 5.35. The van der Waals surface area contributed by atoms with E-state index < -0.39 is 12.1 Å². The van der Waals surface area contributed by atoms with Crippen LogP contribution >= 0.6 is 0 Å². The van der Waals surface area contributed by atoms with Crippen LogP contribution in [0.15, 0.2) is 60.8 Å². The Labute approximate surface area is 147 Å². The Bertz CT molecular complexity index is 442. The quantitative estimate of drug-likeness (QED) is 0.332. The smallest absolute Gasteiger partial charge is 0.333 e. The zero-order valence-corrected chi connectivity index (χ0v) is 15.1. The molecule has 0 aromatic rings. The molecule has 0 aromatic heterocycles. The lowest BCUT2D eigenvalue weighted by Gasteiger charge is -2.05. The molecule has 1 unspecified atom stereocenters. The highest BCUT2D eigenvalue weighted by molar-refractivity contribution is 5.72. The van der Waals surface area contributed by atoms with Crippen LogP contribution < -0.4 is 0 Å². The predicted molar refractivity (Wildman–Crippen MR) is 102 cm³/mol. The van der Waals surface area contributed by atoms with E-state index >= 15 is 0 Å². The summed E-state index contributed by atoms with van der Waals surface area (Å²) in [5.74, 6) is -0.916. The maximum Gasteiger partial charge on any atom is 0.333 e. The molecule has 0 aliphatic rings. The first-order valence-electron chi connectivity index (χ1n) is 8.72. The molecule has 1 atom stereocenters. The normalized spacial score (nSPS) is 14.1. The van der Waals surface area contributed by atoms with Gasteiger partial charge in [0.1, 0.15) is 0 Å². The van der Waals surface area contributed by atoms with Gasteiger partial charge in [-0.05, 0) is 38.5 Å². The molecule has 134 valence electrons. The van der Waals surface area contributed by atoms with Crippen LogP contribution in [0.2, 0.25) is 0 Å². The number of hydrogen-bond donors (Lipinski definition) is 1. The summed E-state index contributed by atoms with van der Waals surface area (Å²) >= 11 is 0. The minimum atomic E-state index is -0.916. The van der Waals surface area contributed by atoms with E-state index in [1.807, 2.05) is 12.2 Å². The van der Waals surface area contributed by atoms with Gasteiger partial charge in [-0.3, -0.25) is 0 Å². The second kappa shape index (κ2) is 17.5. The molecular weight excluding hydrogens is 300 g/mol. The Balaban J connectivity index is 3.60. The van der Waals surface area contributed by atoms with E-state index in [0.29, 0.717) is 6.42 Å². The van der Waals surface area contributed by atoms with Crippen LogP contribution in [-0.4, -0.2) is 24.3 Å². The number of unbranched alkanes of at least 4 members (excludes halogenated alkanes) is 1. The molecule has 0 aliphatic carbocycles. The van der Waals surface area contributed by atoms with Crippen LogP contribution in [0.3, 0.4) is 0 Å². The highest BCUT2D eigenvalue weighted by atomic mass is 16.5. The molecule has 0 saturated heterocycles. The molecule has 0 aromatic carbocycles. The summed E-state index contributed by atoms with van der Waals surface area (Å²) in [5.41, 5.74) is 0. The average Bonchev–Trinajstić information content (AvgIpc) is 2.57. The van der Waals surface area contributed by atoms with Gasteiger partial charge in [-0.2, -0.15) is 0 Å². The monoisotopic (exact) mass is 332 g/mol. The van der Waals surface area contributed by atoms with Crippen molar-refractivity contribution in [3.8, 4) is 0 Å². The molecule has 24 heavy (non-hydrogen) atoms. The first kappa shape index (κ1) is 22.1. The van der Waals surface area contributed by atoms with Crippen molar-refractivity contribution in [3.05, 3.63) is 60.8 Å². The third-order valence-corrected chi connectivity index (χ3v) is 3.30. The molecule has 3 nitrogen and oxygen atoms in total. The van der Waals surface area contributed by atoms with Crippen molar-refractivity contribution in [1.82, 2.24) is 0 Å². The van der Waals surface area contributed by atoms with Gasteiger partial charge in [0.15, 0.2) is 6.10 Å². The lowest BCUT2D eigenvalue weighted by atomic mass is 10.2. The minimum absolute atomic E-state index is 0.417. The second-order valence-electron chi connectivity index (χ2n) is 5.35. The molecule has 1 N–H and O–H groups in total. The summed E-state index contributed by atoms with van der Waals surface area (Å²) in [6.07, 6.45) is 26.9. The largest absolute Gasteiger partial charge is 0.479 e. The van der Waals surface area contributed by atoms with Gasteiger partial charge in [0.2, 0.25) is 0 Å². The van der Waals surface area contributed by atoms with Crippen LogP contribution in [0, 0.1) is 0 Å². The zero-order chi connectivity index (χ0) is 17.9. The fraction of sp³-hybridized carbons (Fsp3) is 0.476. The fourth-order valence-electron chi connectivity index (χ4n) is 1.93. The van der Waals surface area contributed by atoms with Crippen LogP contribution in [0.5, 0.6) is 0 Å². The summed E-state index contributed by atoms with van der Waals surface area (Å²) in [6, 6.07) is 0. The van der Waals surface area contributed by atoms with E-state index in [0.717, 1.165) is 38.5 Å². The minimum Gasteiger partial charge on any atom is -0.479 e. The number of ether oxygens (including phenoxy) is 1. The van der Waals surface area contributed by atoms with E-state index in [1.54, 1.807) is 0 Å². The van der Waals surface area contributed by atoms with Crippen molar-refractivity contribution >= 4 is 5.97 Å². The molecule has 3 heteroatoms. The van der Waals surface area contributed by atoms with Gasteiger partial charge in [-0.15, -0.1) is 0 Å². The van der Waals surface area contributed by atoms with E-state index in [4.69, 9.17) is 9.84 Å². The number of carboxylic acids is 1. The molecule has 0 bridgehead atoms. The van der Waals surface area contributed by atoms with Crippen LogP contribution in [0.1, 0.15) is 51.9 Å². The number of carboxylic acid groups (broad SMARTS) is 1. The number of rotatable bonds is 14. The van der Waals surface area contributed by atoms with Gasteiger partial charge in [0, 0.05) is 13.5 Å². The van der Waals surface area contributed by atoms with Gasteiger partial charge in [-0.25, -0.2) is 4.79 Å². The van der Waals surface area contributed by atoms with Gasteiger partial charge in [0.25, 0.3) is 0 Å². The van der Waals surface area contributed by atoms with Crippen molar-refractivity contribution in [1.29, 1.82) is 0 Å². The molecule has 0 spiro atoms. The van der Waals surface area contributed by atoms with Crippen LogP contribution in [0.25, 0.3) is 0 Å². The fourth-order valence-corrected chi connectivity index (χ4v) is 1.93. The average molecular weight is 332 g/mol. The van der Waals surface area contributed by atoms with E-state index in [-0.39, 0.29) is 0 Å². The van der Waals surface area contributed by atoms with Gasteiger partial charge in [0.05, 0.1) is 0 Å². The van der Waals surface area contributed by atoms with Crippen LogP contribution in [-0.2, 0) is 9.53 Å². The Morgan fingerprint density at radius 1 is 0.833 bits per heavy atom. The Kier molecular flexibility index (Phi) is 16.1. The number of hydrogen-bond acceptors (Lipinski definition) is 2. The number of allylic oxidation sites excluding steroid dienone is 9. The highest BCUT2D eigenvalue weighted by Crippen LogP contribution is 2.01. The maximum atomic E-state index is 10.7. The Morgan fingerprint density at radius 2 is 1.29 bits per heavy atom. The van der Waals surface area contributed by atoms with E-state index in [9.17, 15) is 4.79 Å². The highest BCUT2D eigenvalue weighted by Gasteiger charge is 2.13. The number of aliphatic carboxylic acids is 1. The van der Waals surface area contributed by atoms with Crippen molar-refractivity contribution in [2.24, 2.45) is 0 Å². The van der Waals surface area contributed by atoms with E-state index in [1.165, 1.54) is 7.11 Å². The van der Waals surface area contributed by atoms with Crippen molar-refractivity contribution in [2.45, 2.75) is 58.0 Å². The summed E-state index contributed by atoms with van der Waals surface area (Å²) in [5, 5.41) is 8.82. The summed E-state index contributed by atoms with van der Waals surface area (Å²) in [6.45, 7) is 2.14. The summed E-state index contributed by atoms with van der Waals surface area (Å²) in [4.78, 5) is 10.7. The van der Waals surface area contributed by atoms with Crippen molar-refractivity contribution in [2.75, 3.05) is 7.11 Å². The summed E-state index contributed by atoms with van der Waals surface area (Å²) in [7, 11) is 1.42. The number of carbonyl (C=O) groups is 1. The zero-order valence-electron chi connectivity index (χ0n) is 15.1. The van der Waals surface area contributed by atoms with Crippen molar-refractivity contribution in [3.63, 3.8) is 0 Å². The van der Waals surface area contributed by atoms with E-state index in [2.05, 4.69) is 55.5 Å². The summed E-state index contributed by atoms with van der Waals surface area (Å²) < 4.78 is 4.86. The van der Waals surface area contributed by atoms with Gasteiger partial charge >= 0.3 is 5.97 Å². The first-order valence-corrected chi connectivity index (χ1v) is 8.72. The lowest BCUT2D eigenvalue weighted by Crippen LogP contribution is -2.21.